The number of alkyl halides is 2. The summed E-state index contributed by atoms with van der Waals surface area (Å²) in [6.07, 6.45) is 0.734. The van der Waals surface area contributed by atoms with Crippen LogP contribution in [0.25, 0.3) is 10.8 Å². The van der Waals surface area contributed by atoms with Crippen LogP contribution in [0.1, 0.15) is 18.9 Å². The van der Waals surface area contributed by atoms with Gasteiger partial charge in [0.15, 0.2) is 0 Å². The van der Waals surface area contributed by atoms with E-state index in [-0.39, 0.29) is 11.4 Å². The van der Waals surface area contributed by atoms with Gasteiger partial charge in [-0.1, -0.05) is 55.5 Å². The Bertz CT molecular complexity index is 979. The van der Waals surface area contributed by atoms with Gasteiger partial charge in [0.1, 0.15) is 4.33 Å². The summed E-state index contributed by atoms with van der Waals surface area (Å²) >= 11 is 12.5. The number of urea groups is 1. The van der Waals surface area contributed by atoms with Crippen molar-refractivity contribution in [3.8, 4) is 0 Å². The fourth-order valence-corrected chi connectivity index (χ4v) is 4.01. The number of fused-ring (bicyclic) bond motifs is 1. The van der Waals surface area contributed by atoms with E-state index in [4.69, 9.17) is 23.2 Å². The third-order valence-corrected chi connectivity index (χ3v) is 6.18. The van der Waals surface area contributed by atoms with Crippen LogP contribution in [0.15, 0.2) is 66.7 Å². The zero-order chi connectivity index (χ0) is 18.4. The van der Waals surface area contributed by atoms with Crippen molar-refractivity contribution in [1.29, 1.82) is 0 Å². The number of amides is 2. The summed E-state index contributed by atoms with van der Waals surface area (Å²) in [5.41, 5.74) is 2.34. The average Bonchev–Trinajstić information content (AvgIpc) is 3.15. The van der Waals surface area contributed by atoms with Crippen molar-refractivity contribution in [1.82, 2.24) is 0 Å². The molecule has 132 valence electrons. The summed E-state index contributed by atoms with van der Waals surface area (Å²) in [7, 11) is 0. The first-order valence-corrected chi connectivity index (χ1v) is 9.19. The molecule has 1 aliphatic carbocycles. The van der Waals surface area contributed by atoms with Gasteiger partial charge in [-0.2, -0.15) is 0 Å². The Morgan fingerprint density at radius 3 is 2.27 bits per heavy atom. The summed E-state index contributed by atoms with van der Waals surface area (Å²) in [6, 6.07) is 21.1. The van der Waals surface area contributed by atoms with E-state index >= 15 is 0 Å². The Morgan fingerprint density at radius 2 is 1.58 bits per heavy atom. The summed E-state index contributed by atoms with van der Waals surface area (Å²) in [5.74, 6) is 0. The van der Waals surface area contributed by atoms with E-state index < -0.39 is 4.33 Å². The average molecular weight is 385 g/mol. The van der Waals surface area contributed by atoms with Crippen molar-refractivity contribution in [2.24, 2.45) is 0 Å². The van der Waals surface area contributed by atoms with Crippen molar-refractivity contribution in [3.05, 3.63) is 72.3 Å². The molecule has 0 bridgehead atoms. The zero-order valence-corrected chi connectivity index (χ0v) is 15.7. The molecule has 1 saturated carbocycles. The normalized spacial score (nSPS) is 20.6. The van der Waals surface area contributed by atoms with Crippen LogP contribution in [0, 0.1) is 0 Å². The molecule has 1 fully saturated rings. The number of hydrogen-bond acceptors (Lipinski definition) is 1. The van der Waals surface area contributed by atoms with Gasteiger partial charge in [0, 0.05) is 16.5 Å². The van der Waals surface area contributed by atoms with E-state index in [0.29, 0.717) is 5.69 Å². The first kappa shape index (κ1) is 17.2. The highest BCUT2D eigenvalue weighted by molar-refractivity contribution is 6.52. The van der Waals surface area contributed by atoms with Crippen molar-refractivity contribution >= 4 is 51.4 Å². The second kappa shape index (κ2) is 6.19. The quantitative estimate of drug-likeness (QED) is 0.509. The molecule has 1 atom stereocenters. The number of hydrogen-bond donors (Lipinski definition) is 2. The molecule has 0 unspecified atom stereocenters. The maximum Gasteiger partial charge on any atom is 0.323 e. The highest BCUT2D eigenvalue weighted by Gasteiger charge is 2.63. The zero-order valence-electron chi connectivity index (χ0n) is 14.2. The van der Waals surface area contributed by atoms with Gasteiger partial charge in [-0.25, -0.2) is 4.79 Å². The number of carbonyl (C=O) groups excluding carboxylic acids is 1. The van der Waals surface area contributed by atoms with E-state index in [0.717, 1.165) is 28.4 Å². The van der Waals surface area contributed by atoms with E-state index in [2.05, 4.69) is 10.6 Å². The maximum absolute atomic E-state index is 12.4. The SMILES string of the molecule is C[C@@]1(c2ccc(NC(=O)Nc3cccc4ccccc34)cc2)CC1(Cl)Cl. The molecule has 0 saturated heterocycles. The van der Waals surface area contributed by atoms with Crippen LogP contribution in [0.2, 0.25) is 0 Å². The van der Waals surface area contributed by atoms with E-state index in [9.17, 15) is 4.79 Å². The monoisotopic (exact) mass is 384 g/mol. The van der Waals surface area contributed by atoms with Gasteiger partial charge in [-0.15, -0.1) is 23.2 Å². The molecule has 0 heterocycles. The highest BCUT2D eigenvalue weighted by Crippen LogP contribution is 2.64. The lowest BCUT2D eigenvalue weighted by Gasteiger charge is -2.14. The first-order chi connectivity index (χ1) is 12.4. The smallest absolute Gasteiger partial charge is 0.308 e. The van der Waals surface area contributed by atoms with Gasteiger partial charge >= 0.3 is 6.03 Å². The molecule has 0 radical (unpaired) electrons. The molecule has 5 heteroatoms. The van der Waals surface area contributed by atoms with Crippen molar-refractivity contribution in [2.75, 3.05) is 10.6 Å². The van der Waals surface area contributed by atoms with Gasteiger partial charge in [-0.05, 0) is 35.6 Å². The number of anilines is 2. The van der Waals surface area contributed by atoms with E-state index in [1.807, 2.05) is 73.7 Å². The highest BCUT2D eigenvalue weighted by atomic mass is 35.5. The van der Waals surface area contributed by atoms with E-state index in [1.165, 1.54) is 0 Å². The molecule has 1 aliphatic rings. The summed E-state index contributed by atoms with van der Waals surface area (Å²) in [6.45, 7) is 2.04. The number of halogens is 2. The molecular formula is C21H18Cl2N2O. The summed E-state index contributed by atoms with van der Waals surface area (Å²) < 4.78 is -0.701. The second-order valence-corrected chi connectivity index (χ2v) is 8.38. The van der Waals surface area contributed by atoms with Crippen LogP contribution < -0.4 is 10.6 Å². The predicted octanol–water partition coefficient (Wildman–Crippen LogP) is 6.32. The largest absolute Gasteiger partial charge is 0.323 e. The van der Waals surface area contributed by atoms with Gasteiger partial charge < -0.3 is 10.6 Å². The molecule has 3 aromatic carbocycles. The molecule has 0 aromatic heterocycles. The van der Waals surface area contributed by atoms with Crippen LogP contribution in [0.5, 0.6) is 0 Å². The van der Waals surface area contributed by atoms with Crippen molar-refractivity contribution in [2.45, 2.75) is 23.1 Å². The lowest BCUT2D eigenvalue weighted by molar-refractivity contribution is 0.262. The first-order valence-electron chi connectivity index (χ1n) is 8.43. The maximum atomic E-state index is 12.4. The fraction of sp³-hybridized carbons (Fsp3) is 0.190. The number of rotatable bonds is 3. The molecule has 0 aliphatic heterocycles. The van der Waals surface area contributed by atoms with E-state index in [1.54, 1.807) is 0 Å². The molecule has 3 nitrogen and oxygen atoms in total. The number of nitrogens with one attached hydrogen (secondary N) is 2. The molecule has 26 heavy (non-hydrogen) atoms. The van der Waals surface area contributed by atoms with Crippen molar-refractivity contribution < 1.29 is 4.79 Å². The van der Waals surface area contributed by atoms with Crippen LogP contribution in [0.3, 0.4) is 0 Å². The topological polar surface area (TPSA) is 41.1 Å². The summed E-state index contributed by atoms with van der Waals surface area (Å²) in [5, 5.41) is 7.85. The lowest BCUT2D eigenvalue weighted by atomic mass is 9.98. The Hall–Kier alpha value is -2.23. The van der Waals surface area contributed by atoms with Crippen LogP contribution in [-0.2, 0) is 5.41 Å². The van der Waals surface area contributed by atoms with Gasteiger partial charge in [-0.3, -0.25) is 0 Å². The third-order valence-electron chi connectivity index (χ3n) is 5.08. The summed E-state index contributed by atoms with van der Waals surface area (Å²) in [4.78, 5) is 12.4. The van der Waals surface area contributed by atoms with Gasteiger partial charge in [0.25, 0.3) is 0 Å². The Morgan fingerprint density at radius 1 is 0.923 bits per heavy atom. The number of benzene rings is 3. The van der Waals surface area contributed by atoms with Crippen LogP contribution >= 0.6 is 23.2 Å². The Kier molecular flexibility index (Phi) is 4.09. The second-order valence-electron chi connectivity index (χ2n) is 6.90. The predicted molar refractivity (Wildman–Crippen MR) is 109 cm³/mol. The molecule has 3 aromatic rings. The molecule has 2 amide bonds. The lowest BCUT2D eigenvalue weighted by Crippen LogP contribution is -2.19. The minimum Gasteiger partial charge on any atom is -0.308 e. The molecular weight excluding hydrogens is 367 g/mol. The van der Waals surface area contributed by atoms with Gasteiger partial charge in [0.2, 0.25) is 0 Å². The minimum atomic E-state index is -0.701. The number of carbonyl (C=O) groups is 1. The van der Waals surface area contributed by atoms with Crippen molar-refractivity contribution in [3.63, 3.8) is 0 Å². The van der Waals surface area contributed by atoms with Crippen LogP contribution in [0.4, 0.5) is 16.2 Å². The Balaban J connectivity index is 1.47. The molecule has 2 N–H and O–H groups in total. The minimum absolute atomic E-state index is 0.222. The third kappa shape index (κ3) is 3.02. The fourth-order valence-electron chi connectivity index (χ4n) is 3.25. The Labute approximate surface area is 162 Å². The standard InChI is InChI=1S/C21H18Cl2N2O/c1-20(13-21(20,22)23)15-9-11-16(12-10-15)24-19(26)25-18-8-4-6-14-5-2-3-7-17(14)18/h2-12H,13H2,1H3,(H2,24,25,26)/t20-/m0/s1. The molecule has 4 rings (SSSR count). The van der Waals surface area contributed by atoms with Crippen LogP contribution in [-0.4, -0.2) is 10.4 Å². The van der Waals surface area contributed by atoms with Gasteiger partial charge in [0.05, 0.1) is 5.69 Å². The molecule has 0 spiro atoms.